The molecule has 202 valence electrons. The van der Waals surface area contributed by atoms with Crippen LogP contribution in [-0.2, 0) is 20.7 Å². The lowest BCUT2D eigenvalue weighted by atomic mass is 9.66. The highest BCUT2D eigenvalue weighted by Crippen LogP contribution is 2.57. The number of nitrogens with zero attached hydrogens (tertiary/aromatic N) is 3. The number of aliphatic hydroxyl groups is 1. The van der Waals surface area contributed by atoms with Crippen molar-refractivity contribution in [2.24, 2.45) is 5.41 Å². The van der Waals surface area contributed by atoms with Gasteiger partial charge in [-0.15, -0.1) is 0 Å². The topological polar surface area (TPSA) is 94.8 Å². The van der Waals surface area contributed by atoms with Crippen LogP contribution in [0.3, 0.4) is 0 Å². The molecule has 37 heavy (non-hydrogen) atoms. The van der Waals surface area contributed by atoms with Crippen molar-refractivity contribution in [2.75, 3.05) is 47.4 Å². The summed E-state index contributed by atoms with van der Waals surface area (Å²) in [5, 5.41) is 20.4. The fraction of sp³-hybridized carbons (Fsp3) is 0.586. The first-order chi connectivity index (χ1) is 17.5. The number of carboxylic acid groups (broad SMARTS) is 1. The van der Waals surface area contributed by atoms with Crippen LogP contribution < -0.4 is 5.11 Å². The molecule has 2 aromatic rings. The predicted octanol–water partition coefficient (Wildman–Crippen LogP) is 2.34. The van der Waals surface area contributed by atoms with Gasteiger partial charge in [0.15, 0.2) is 0 Å². The lowest BCUT2D eigenvalue weighted by Crippen LogP contribution is -2.51. The molecule has 0 unspecified atom stereocenters. The Morgan fingerprint density at radius 1 is 1.22 bits per heavy atom. The number of aliphatic hydroxyl groups excluding tert-OH is 1. The van der Waals surface area contributed by atoms with Crippen LogP contribution in [0.1, 0.15) is 56.8 Å². The van der Waals surface area contributed by atoms with E-state index < -0.39 is 12.1 Å². The van der Waals surface area contributed by atoms with E-state index in [0.717, 1.165) is 43.6 Å². The second kappa shape index (κ2) is 10.6. The van der Waals surface area contributed by atoms with Crippen LogP contribution in [0.5, 0.6) is 0 Å². The quantitative estimate of drug-likeness (QED) is 0.453. The Labute approximate surface area is 219 Å². The summed E-state index contributed by atoms with van der Waals surface area (Å²) in [6.45, 7) is 7.27. The molecule has 8 nitrogen and oxygen atoms in total. The molecule has 3 aliphatic rings. The number of carbonyl (C=O) groups is 2. The van der Waals surface area contributed by atoms with Crippen molar-refractivity contribution in [3.05, 3.63) is 41.6 Å². The molecule has 0 bridgehead atoms. The maximum absolute atomic E-state index is 12.9. The lowest BCUT2D eigenvalue weighted by Gasteiger charge is -2.53. The first-order valence-corrected chi connectivity index (χ1v) is 13.5. The number of fused-ring (bicyclic) bond motifs is 3. The third-order valence-corrected chi connectivity index (χ3v) is 7.89. The van der Waals surface area contributed by atoms with E-state index >= 15 is 0 Å². The van der Waals surface area contributed by atoms with Crippen molar-refractivity contribution in [3.63, 3.8) is 0 Å². The van der Waals surface area contributed by atoms with Crippen molar-refractivity contribution < 1.29 is 29.0 Å². The minimum Gasteiger partial charge on any atom is -0.550 e. The Morgan fingerprint density at radius 2 is 1.95 bits per heavy atom. The number of rotatable bonds is 7. The highest BCUT2D eigenvalue weighted by Gasteiger charge is 2.51. The molecule has 3 aliphatic heterocycles. The zero-order valence-corrected chi connectivity index (χ0v) is 22.8. The average molecular weight is 512 g/mol. The molecule has 1 aromatic heterocycles. The summed E-state index contributed by atoms with van der Waals surface area (Å²) in [4.78, 5) is 25.6. The number of aromatic nitrogens is 1. The summed E-state index contributed by atoms with van der Waals surface area (Å²) in [6, 6.07) is 8.92. The Kier molecular flexibility index (Phi) is 7.83. The van der Waals surface area contributed by atoms with Gasteiger partial charge < -0.3 is 28.8 Å². The van der Waals surface area contributed by atoms with E-state index in [4.69, 9.17) is 9.84 Å². The molecule has 0 amide bonds. The lowest BCUT2D eigenvalue weighted by molar-refractivity contribution is -0.873. The van der Waals surface area contributed by atoms with Gasteiger partial charge in [0.05, 0.1) is 39.3 Å². The number of carboxylic acids is 1. The number of aliphatic carboxylic acids is 1. The maximum atomic E-state index is 12.9. The van der Waals surface area contributed by atoms with Gasteiger partial charge in [0.1, 0.15) is 18.3 Å². The summed E-state index contributed by atoms with van der Waals surface area (Å²) < 4.78 is 8.24. The maximum Gasteiger partial charge on any atom is 0.354 e. The molecule has 3 atom stereocenters. The number of esters is 1. The highest BCUT2D eigenvalue weighted by atomic mass is 16.5. The van der Waals surface area contributed by atoms with Crippen molar-refractivity contribution in [2.45, 2.75) is 58.1 Å². The number of para-hydroxylation sites is 1. The van der Waals surface area contributed by atoms with Crippen molar-refractivity contribution >= 4 is 28.5 Å². The van der Waals surface area contributed by atoms with Gasteiger partial charge in [0.2, 0.25) is 0 Å². The summed E-state index contributed by atoms with van der Waals surface area (Å²) in [5.41, 5.74) is 4.71. The van der Waals surface area contributed by atoms with Crippen LogP contribution in [0, 0.1) is 5.41 Å². The second-order valence-corrected chi connectivity index (χ2v) is 11.5. The fourth-order valence-corrected chi connectivity index (χ4v) is 6.52. The standard InChI is InChI=1S/C22H26N2O2.C7H15NO3/c1-3-22-11-7-12-23-13-10-16-15-8-5-6-9-17(15)24(19(16)20(22)23)18(14-22)21(25)26-4-2;1-8(2,3)5-6(9)4-7(10)11/h5-6,8-9,14,20H,3-4,7,10-13H2,1-2H3;6,9H,4-5H2,1-3H3/t20-,22+;6-/m11/s1. The third kappa shape index (κ3) is 5.33. The number of likely N-dealkylation sites (N-methyl/N-ethyl adjacent to an activating group) is 1. The Morgan fingerprint density at radius 3 is 2.59 bits per heavy atom. The zero-order valence-electron chi connectivity index (χ0n) is 22.8. The molecule has 1 fully saturated rings. The minimum atomic E-state index is -1.20. The van der Waals surface area contributed by atoms with Crippen molar-refractivity contribution in [1.29, 1.82) is 0 Å². The average Bonchev–Trinajstić information content (AvgIpc) is 3.17. The van der Waals surface area contributed by atoms with Crippen LogP contribution in [0.4, 0.5) is 0 Å². The number of hydrogen-bond acceptors (Lipinski definition) is 6. The van der Waals surface area contributed by atoms with E-state index in [-0.39, 0.29) is 17.8 Å². The molecular formula is C29H41N3O5. The van der Waals surface area contributed by atoms with Crippen LogP contribution in [0.25, 0.3) is 16.6 Å². The molecule has 0 spiro atoms. The summed E-state index contributed by atoms with van der Waals surface area (Å²) in [6.07, 6.45) is 5.64. The summed E-state index contributed by atoms with van der Waals surface area (Å²) in [7, 11) is 5.66. The van der Waals surface area contributed by atoms with Gasteiger partial charge >= 0.3 is 5.97 Å². The van der Waals surface area contributed by atoms with Crippen LogP contribution in [0.15, 0.2) is 30.3 Å². The molecule has 4 heterocycles. The second-order valence-electron chi connectivity index (χ2n) is 11.5. The fourth-order valence-electron chi connectivity index (χ4n) is 6.52. The minimum absolute atomic E-state index is 0.0416. The Hall–Kier alpha value is -2.68. The normalized spacial score (nSPS) is 23.4. The van der Waals surface area contributed by atoms with Gasteiger partial charge in [-0.2, -0.15) is 0 Å². The van der Waals surface area contributed by atoms with E-state index in [0.29, 0.717) is 23.7 Å². The number of benzene rings is 1. The van der Waals surface area contributed by atoms with Gasteiger partial charge in [-0.05, 0) is 56.9 Å². The number of hydrogen-bond donors (Lipinski definition) is 1. The van der Waals surface area contributed by atoms with Gasteiger partial charge in [0.25, 0.3) is 0 Å². The largest absolute Gasteiger partial charge is 0.550 e. The molecule has 8 heteroatoms. The number of ether oxygens (including phenoxy) is 1. The van der Waals surface area contributed by atoms with Crippen molar-refractivity contribution in [1.82, 2.24) is 9.47 Å². The molecule has 1 saturated heterocycles. The first kappa shape index (κ1) is 27.4. The van der Waals surface area contributed by atoms with E-state index in [1.54, 1.807) is 0 Å². The van der Waals surface area contributed by atoms with Gasteiger partial charge in [-0.25, -0.2) is 4.79 Å². The molecule has 0 aliphatic carbocycles. The molecular weight excluding hydrogens is 470 g/mol. The molecule has 1 N–H and O–H groups in total. The summed E-state index contributed by atoms with van der Waals surface area (Å²) >= 11 is 0. The van der Waals surface area contributed by atoms with Crippen LogP contribution in [-0.4, -0.2) is 84.5 Å². The van der Waals surface area contributed by atoms with E-state index in [2.05, 4.69) is 46.7 Å². The molecule has 1 aromatic carbocycles. The smallest absolute Gasteiger partial charge is 0.354 e. The number of quaternary nitrogens is 1. The summed E-state index contributed by atoms with van der Waals surface area (Å²) in [5.74, 6) is -1.39. The molecule has 0 radical (unpaired) electrons. The number of carbonyl (C=O) groups excluding carboxylic acids is 2. The van der Waals surface area contributed by atoms with E-state index in [1.807, 2.05) is 28.1 Å². The third-order valence-electron chi connectivity index (χ3n) is 7.89. The predicted molar refractivity (Wildman–Crippen MR) is 141 cm³/mol. The monoisotopic (exact) mass is 511 g/mol. The van der Waals surface area contributed by atoms with Crippen LogP contribution in [0.2, 0.25) is 0 Å². The highest BCUT2D eigenvalue weighted by molar-refractivity contribution is 6.13. The van der Waals surface area contributed by atoms with Crippen molar-refractivity contribution in [3.8, 4) is 0 Å². The number of piperidine rings is 1. The van der Waals surface area contributed by atoms with E-state index in [1.165, 1.54) is 23.1 Å². The van der Waals surface area contributed by atoms with E-state index in [9.17, 15) is 14.7 Å². The first-order valence-electron chi connectivity index (χ1n) is 13.5. The molecule has 0 saturated carbocycles. The zero-order chi connectivity index (χ0) is 27.0. The van der Waals surface area contributed by atoms with Gasteiger partial charge in [0, 0.05) is 35.4 Å². The Bertz CT molecular complexity index is 1190. The van der Waals surface area contributed by atoms with Crippen LogP contribution >= 0.6 is 0 Å². The SMILES string of the molecule is CCOC(=O)C1=C[C@]2(CC)CCCN3CCc4c(n1c1ccccc41)[C@@H]32.C[N+](C)(C)C[C@H](O)CC(=O)[O-]. The van der Waals surface area contributed by atoms with Gasteiger partial charge in [-0.3, -0.25) is 4.90 Å². The molecule has 5 rings (SSSR count). The Balaban J connectivity index is 0.000000249. The van der Waals surface area contributed by atoms with Gasteiger partial charge in [-0.1, -0.05) is 25.1 Å².